The average molecular weight is 459 g/mol. The third kappa shape index (κ3) is 4.23. The number of carbonyl (C=O) groups excluding carboxylic acids is 1. The molecule has 7 heteroatoms. The molecule has 33 heavy (non-hydrogen) atoms. The summed E-state index contributed by atoms with van der Waals surface area (Å²) < 4.78 is 46.4. The van der Waals surface area contributed by atoms with E-state index < -0.39 is 17.8 Å². The molecule has 0 radical (unpaired) electrons. The molecule has 3 saturated heterocycles. The van der Waals surface area contributed by atoms with Crippen LogP contribution < -0.4 is 5.32 Å². The predicted octanol–water partition coefficient (Wildman–Crippen LogP) is 5.82. The molecule has 2 aromatic carbocycles. The van der Waals surface area contributed by atoms with Crippen molar-refractivity contribution in [3.05, 3.63) is 59.2 Å². The highest BCUT2D eigenvalue weighted by molar-refractivity contribution is 5.71. The molecule has 176 valence electrons. The number of hydrogen-bond acceptors (Lipinski definition) is 3. The zero-order chi connectivity index (χ0) is 23.4. The lowest BCUT2D eigenvalue weighted by Crippen LogP contribution is -2.53. The SMILES string of the molecule is CC1(C)Cc2cc(-c3ccccc3C(F)(F)F)ccc2C1NC(=O)O[C@@H]1CN2CCC1CC2. The molecular weight excluding hydrogens is 429 g/mol. The monoisotopic (exact) mass is 458 g/mol. The molecule has 0 spiro atoms. The number of piperidine rings is 3. The Labute approximate surface area is 192 Å². The molecule has 4 aliphatic rings. The van der Waals surface area contributed by atoms with Gasteiger partial charge in [0.25, 0.3) is 0 Å². The van der Waals surface area contributed by atoms with Gasteiger partial charge in [-0.15, -0.1) is 0 Å². The normalized spacial score (nSPS) is 27.8. The molecule has 2 aromatic rings. The summed E-state index contributed by atoms with van der Waals surface area (Å²) in [4.78, 5) is 15.1. The molecule has 0 saturated carbocycles. The Hall–Kier alpha value is -2.54. The number of rotatable bonds is 3. The van der Waals surface area contributed by atoms with Crippen LogP contribution in [0.15, 0.2) is 42.5 Å². The van der Waals surface area contributed by atoms with E-state index in [1.54, 1.807) is 12.1 Å². The van der Waals surface area contributed by atoms with Crippen molar-refractivity contribution in [2.75, 3.05) is 19.6 Å². The van der Waals surface area contributed by atoms with Crippen LogP contribution in [0.5, 0.6) is 0 Å². The van der Waals surface area contributed by atoms with Crippen molar-refractivity contribution >= 4 is 6.09 Å². The van der Waals surface area contributed by atoms with Crippen LogP contribution in [0.2, 0.25) is 0 Å². The van der Waals surface area contributed by atoms with E-state index in [0.29, 0.717) is 17.9 Å². The van der Waals surface area contributed by atoms with Crippen molar-refractivity contribution in [2.24, 2.45) is 11.3 Å². The van der Waals surface area contributed by atoms with Gasteiger partial charge in [-0.25, -0.2) is 4.79 Å². The zero-order valence-electron chi connectivity index (χ0n) is 18.9. The molecule has 0 aromatic heterocycles. The first-order chi connectivity index (χ1) is 15.6. The molecule has 1 N–H and O–H groups in total. The third-order valence-electron chi connectivity index (χ3n) is 7.54. The Kier molecular flexibility index (Phi) is 5.43. The van der Waals surface area contributed by atoms with Crippen LogP contribution in [0.3, 0.4) is 0 Å². The molecule has 2 atom stereocenters. The van der Waals surface area contributed by atoms with Crippen LogP contribution in [-0.2, 0) is 17.3 Å². The first kappa shape index (κ1) is 22.3. The van der Waals surface area contributed by atoms with E-state index in [4.69, 9.17) is 4.74 Å². The lowest BCUT2D eigenvalue weighted by molar-refractivity contribution is -0.137. The molecule has 1 unspecified atom stereocenters. The standard InChI is InChI=1S/C26H29F3N2O2/c1-25(2)14-18-13-17(19-5-3-4-6-21(19)26(27,28)29)7-8-20(18)23(25)30-24(32)33-22-15-31-11-9-16(22)10-12-31/h3-8,13,16,22-23H,9-12,14-15H2,1-2H3,(H,30,32)/t22-,23?/m1/s1. The number of ether oxygens (including phenoxy) is 1. The molecule has 1 aliphatic carbocycles. The largest absolute Gasteiger partial charge is 0.445 e. The van der Waals surface area contributed by atoms with E-state index in [1.165, 1.54) is 12.1 Å². The van der Waals surface area contributed by atoms with Gasteiger partial charge in [-0.1, -0.05) is 50.2 Å². The fourth-order valence-electron chi connectivity index (χ4n) is 5.81. The summed E-state index contributed by atoms with van der Waals surface area (Å²) in [6.07, 6.45) is -2.10. The number of fused-ring (bicyclic) bond motifs is 4. The summed E-state index contributed by atoms with van der Waals surface area (Å²) in [5, 5.41) is 3.07. The van der Waals surface area contributed by atoms with E-state index in [1.807, 2.05) is 12.1 Å². The molecule has 4 nitrogen and oxygen atoms in total. The van der Waals surface area contributed by atoms with Gasteiger partial charge in [0.05, 0.1) is 11.6 Å². The van der Waals surface area contributed by atoms with E-state index >= 15 is 0 Å². The predicted molar refractivity (Wildman–Crippen MR) is 120 cm³/mol. The molecule has 6 rings (SSSR count). The number of alkyl halides is 3. The van der Waals surface area contributed by atoms with Crippen LogP contribution in [0.1, 0.15) is 49.4 Å². The van der Waals surface area contributed by atoms with E-state index in [0.717, 1.165) is 49.7 Å². The minimum absolute atomic E-state index is 0.0715. The van der Waals surface area contributed by atoms with Crippen molar-refractivity contribution in [3.8, 4) is 11.1 Å². The third-order valence-corrected chi connectivity index (χ3v) is 7.54. The van der Waals surface area contributed by atoms with Crippen molar-refractivity contribution in [2.45, 2.75) is 51.4 Å². The number of halogens is 3. The van der Waals surface area contributed by atoms with Crippen LogP contribution in [0.4, 0.5) is 18.0 Å². The summed E-state index contributed by atoms with van der Waals surface area (Å²) in [7, 11) is 0. The number of hydrogen-bond donors (Lipinski definition) is 1. The Morgan fingerprint density at radius 1 is 1.12 bits per heavy atom. The zero-order valence-corrected chi connectivity index (χ0v) is 18.9. The second kappa shape index (κ2) is 8.05. The van der Waals surface area contributed by atoms with Gasteiger partial charge < -0.3 is 10.1 Å². The Morgan fingerprint density at radius 2 is 1.85 bits per heavy atom. The van der Waals surface area contributed by atoms with Gasteiger partial charge in [-0.2, -0.15) is 13.2 Å². The number of nitrogens with zero attached hydrogens (tertiary/aromatic N) is 1. The van der Waals surface area contributed by atoms with Crippen molar-refractivity contribution in [1.82, 2.24) is 10.2 Å². The smallest absolute Gasteiger partial charge is 0.417 e. The Morgan fingerprint density at radius 3 is 2.52 bits per heavy atom. The van der Waals surface area contributed by atoms with Crippen molar-refractivity contribution in [3.63, 3.8) is 0 Å². The Balaban J connectivity index is 1.36. The second-order valence-corrected chi connectivity index (χ2v) is 10.3. The minimum atomic E-state index is -4.42. The van der Waals surface area contributed by atoms with Gasteiger partial charge in [0.1, 0.15) is 6.10 Å². The maximum atomic E-state index is 13.5. The summed E-state index contributed by atoms with van der Waals surface area (Å²) in [6.45, 7) is 7.08. The quantitative estimate of drug-likeness (QED) is 0.631. The molecule has 1 amide bonds. The van der Waals surface area contributed by atoms with E-state index in [-0.39, 0.29) is 23.1 Å². The Bertz CT molecular complexity index is 1060. The second-order valence-electron chi connectivity index (χ2n) is 10.3. The average Bonchev–Trinajstić information content (AvgIpc) is 3.02. The number of carbonyl (C=O) groups is 1. The number of amides is 1. The molecule has 3 aliphatic heterocycles. The van der Waals surface area contributed by atoms with Crippen LogP contribution in [0.25, 0.3) is 11.1 Å². The molecular formula is C26H29F3N2O2. The van der Waals surface area contributed by atoms with Crippen LogP contribution in [-0.4, -0.2) is 36.7 Å². The highest BCUT2D eigenvalue weighted by Gasteiger charge is 2.42. The highest BCUT2D eigenvalue weighted by atomic mass is 19.4. The van der Waals surface area contributed by atoms with Gasteiger partial charge in [0.2, 0.25) is 0 Å². The summed E-state index contributed by atoms with van der Waals surface area (Å²) >= 11 is 0. The van der Waals surface area contributed by atoms with Crippen molar-refractivity contribution < 1.29 is 22.7 Å². The van der Waals surface area contributed by atoms with E-state index in [2.05, 4.69) is 24.1 Å². The maximum absolute atomic E-state index is 13.5. The number of benzene rings is 2. The minimum Gasteiger partial charge on any atom is -0.445 e. The molecule has 3 heterocycles. The first-order valence-corrected chi connectivity index (χ1v) is 11.6. The number of nitrogens with one attached hydrogen (secondary N) is 1. The van der Waals surface area contributed by atoms with Crippen LogP contribution >= 0.6 is 0 Å². The lowest BCUT2D eigenvalue weighted by Gasteiger charge is -2.44. The fraction of sp³-hybridized carbons (Fsp3) is 0.500. The number of alkyl carbamates (subject to hydrolysis) is 1. The van der Waals surface area contributed by atoms with Gasteiger partial charge in [0, 0.05) is 6.54 Å². The van der Waals surface area contributed by atoms with Crippen molar-refractivity contribution in [1.29, 1.82) is 0 Å². The van der Waals surface area contributed by atoms with Gasteiger partial charge >= 0.3 is 12.3 Å². The summed E-state index contributed by atoms with van der Waals surface area (Å²) in [6, 6.07) is 10.8. The van der Waals surface area contributed by atoms with Gasteiger partial charge in [-0.3, -0.25) is 4.90 Å². The lowest BCUT2D eigenvalue weighted by atomic mass is 9.85. The summed E-state index contributed by atoms with van der Waals surface area (Å²) in [5.74, 6) is 0.431. The van der Waals surface area contributed by atoms with Gasteiger partial charge in [-0.05, 0) is 72.0 Å². The van der Waals surface area contributed by atoms with Gasteiger partial charge in [0.15, 0.2) is 0 Å². The first-order valence-electron chi connectivity index (χ1n) is 11.6. The highest BCUT2D eigenvalue weighted by Crippen LogP contribution is 2.47. The van der Waals surface area contributed by atoms with Crippen LogP contribution in [0, 0.1) is 11.3 Å². The maximum Gasteiger partial charge on any atom is 0.417 e. The summed E-state index contributed by atoms with van der Waals surface area (Å²) in [5.41, 5.74) is 1.69. The fourth-order valence-corrected chi connectivity index (χ4v) is 5.81. The molecule has 3 fully saturated rings. The topological polar surface area (TPSA) is 41.6 Å². The van der Waals surface area contributed by atoms with E-state index in [9.17, 15) is 18.0 Å². The molecule has 2 bridgehead atoms.